The Bertz CT molecular complexity index is 1450. The van der Waals surface area contributed by atoms with Gasteiger partial charge in [-0.3, -0.25) is 9.59 Å². The Morgan fingerprint density at radius 3 is 1.64 bits per heavy atom. The van der Waals surface area contributed by atoms with E-state index in [9.17, 15) is 9.59 Å². The molecular weight excluding hydrogens is 444 g/mol. The van der Waals surface area contributed by atoms with E-state index >= 15 is 0 Å². The molecule has 0 radical (unpaired) electrons. The molecular formula is C32H28N2O2. The van der Waals surface area contributed by atoms with Crippen LogP contribution in [0, 0.1) is 0 Å². The lowest BCUT2D eigenvalue weighted by Crippen LogP contribution is -2.52. The number of benzene rings is 5. The van der Waals surface area contributed by atoms with Crippen molar-refractivity contribution in [3.8, 4) is 0 Å². The van der Waals surface area contributed by atoms with Gasteiger partial charge >= 0.3 is 0 Å². The maximum absolute atomic E-state index is 14.0. The number of hydrogen-bond donors (Lipinski definition) is 2. The summed E-state index contributed by atoms with van der Waals surface area (Å²) < 4.78 is 0. The third kappa shape index (κ3) is 4.22. The van der Waals surface area contributed by atoms with Crippen LogP contribution in [0.25, 0.3) is 21.5 Å². The third-order valence-corrected chi connectivity index (χ3v) is 7.10. The molecule has 0 aliphatic rings. The normalized spacial score (nSPS) is 12.4. The zero-order valence-electron chi connectivity index (χ0n) is 20.1. The zero-order valence-corrected chi connectivity index (χ0v) is 20.1. The number of rotatable bonds is 7. The van der Waals surface area contributed by atoms with Crippen LogP contribution in [0.15, 0.2) is 115 Å². The van der Waals surface area contributed by atoms with Crippen molar-refractivity contribution in [1.82, 2.24) is 5.32 Å². The van der Waals surface area contributed by atoms with E-state index in [-0.39, 0.29) is 5.91 Å². The number of primary amides is 1. The summed E-state index contributed by atoms with van der Waals surface area (Å²) in [5.74, 6) is -0.836. The molecule has 5 rings (SSSR count). The molecule has 0 aliphatic heterocycles. The van der Waals surface area contributed by atoms with Crippen molar-refractivity contribution < 1.29 is 9.59 Å². The molecule has 4 nitrogen and oxygen atoms in total. The van der Waals surface area contributed by atoms with Gasteiger partial charge in [0, 0.05) is 6.42 Å². The lowest BCUT2D eigenvalue weighted by molar-refractivity contribution is -0.129. The third-order valence-electron chi connectivity index (χ3n) is 7.10. The first-order valence-corrected chi connectivity index (χ1v) is 12.1. The first-order chi connectivity index (χ1) is 17.5. The molecule has 36 heavy (non-hydrogen) atoms. The highest BCUT2D eigenvalue weighted by atomic mass is 16.2. The van der Waals surface area contributed by atoms with E-state index in [0.717, 1.165) is 38.2 Å². The summed E-state index contributed by atoms with van der Waals surface area (Å²) in [7, 11) is 0. The van der Waals surface area contributed by atoms with E-state index in [1.807, 2.05) is 91.9 Å². The monoisotopic (exact) mass is 472 g/mol. The Balaban J connectivity index is 1.56. The second kappa shape index (κ2) is 9.67. The molecule has 0 fully saturated rings. The number of carbonyl (C=O) groups excluding carboxylic acids is 2. The van der Waals surface area contributed by atoms with Crippen LogP contribution in [-0.4, -0.2) is 17.9 Å². The highest BCUT2D eigenvalue weighted by Gasteiger charge is 2.38. The number of hydrogen-bond acceptors (Lipinski definition) is 2. The Labute approximate surface area is 210 Å². The fraction of sp³-hybridized carbons (Fsp3) is 0.125. The lowest BCUT2D eigenvalue weighted by atomic mass is 9.75. The summed E-state index contributed by atoms with van der Waals surface area (Å²) >= 11 is 0. The van der Waals surface area contributed by atoms with Gasteiger partial charge in [0.1, 0.15) is 6.04 Å². The smallest absolute Gasteiger partial charge is 0.240 e. The highest BCUT2D eigenvalue weighted by Crippen LogP contribution is 2.33. The van der Waals surface area contributed by atoms with Crippen molar-refractivity contribution in [2.24, 2.45) is 5.73 Å². The molecule has 4 heteroatoms. The Kier molecular flexibility index (Phi) is 6.26. The van der Waals surface area contributed by atoms with Crippen LogP contribution in [0.2, 0.25) is 0 Å². The molecule has 2 amide bonds. The first kappa shape index (κ1) is 23.3. The first-order valence-electron chi connectivity index (χ1n) is 12.1. The number of carbonyl (C=O) groups is 2. The average molecular weight is 473 g/mol. The SMILES string of the molecule is CC(C(=O)N[C@H](Cc1c2ccccc2cc2ccccc12)C(N)=O)(c1ccccc1)c1ccccc1. The summed E-state index contributed by atoms with van der Waals surface area (Å²) in [6.45, 7) is 1.89. The topological polar surface area (TPSA) is 72.2 Å². The van der Waals surface area contributed by atoms with E-state index in [1.54, 1.807) is 0 Å². The van der Waals surface area contributed by atoms with Crippen LogP contribution >= 0.6 is 0 Å². The lowest BCUT2D eigenvalue weighted by Gasteiger charge is -2.31. The summed E-state index contributed by atoms with van der Waals surface area (Å²) in [5, 5.41) is 7.28. The molecule has 0 heterocycles. The van der Waals surface area contributed by atoms with Crippen molar-refractivity contribution in [3.63, 3.8) is 0 Å². The number of nitrogens with two attached hydrogens (primary N) is 1. The summed E-state index contributed by atoms with van der Waals surface area (Å²) in [6.07, 6.45) is 0.294. The number of amides is 2. The van der Waals surface area contributed by atoms with E-state index < -0.39 is 17.4 Å². The van der Waals surface area contributed by atoms with Gasteiger partial charge in [-0.05, 0) is 51.2 Å². The molecule has 0 unspecified atom stereocenters. The van der Waals surface area contributed by atoms with Crippen LogP contribution in [0.3, 0.4) is 0 Å². The molecule has 0 saturated carbocycles. The predicted molar refractivity (Wildman–Crippen MR) is 146 cm³/mol. The predicted octanol–water partition coefficient (Wildman–Crippen LogP) is 5.51. The minimum absolute atomic E-state index is 0.270. The van der Waals surface area contributed by atoms with Crippen LogP contribution in [0.1, 0.15) is 23.6 Å². The van der Waals surface area contributed by atoms with Gasteiger partial charge in [-0.25, -0.2) is 0 Å². The second-order valence-corrected chi connectivity index (χ2v) is 9.29. The fourth-order valence-corrected chi connectivity index (χ4v) is 5.03. The van der Waals surface area contributed by atoms with Gasteiger partial charge in [0.15, 0.2) is 0 Å². The minimum atomic E-state index is -1.00. The average Bonchev–Trinajstić information content (AvgIpc) is 2.92. The summed E-state index contributed by atoms with van der Waals surface area (Å²) in [5.41, 5.74) is 7.56. The zero-order chi connectivity index (χ0) is 25.1. The molecule has 5 aromatic rings. The highest BCUT2D eigenvalue weighted by molar-refractivity contribution is 6.03. The van der Waals surface area contributed by atoms with E-state index in [4.69, 9.17) is 5.73 Å². The van der Waals surface area contributed by atoms with Gasteiger partial charge in [-0.15, -0.1) is 0 Å². The minimum Gasteiger partial charge on any atom is -0.368 e. The van der Waals surface area contributed by atoms with E-state index in [0.29, 0.717) is 6.42 Å². The Morgan fingerprint density at radius 1 is 0.722 bits per heavy atom. The number of fused-ring (bicyclic) bond motifs is 2. The second-order valence-electron chi connectivity index (χ2n) is 9.29. The number of nitrogens with one attached hydrogen (secondary N) is 1. The van der Waals surface area contributed by atoms with Crippen LogP contribution in [0.4, 0.5) is 0 Å². The quantitative estimate of drug-likeness (QED) is 0.307. The van der Waals surface area contributed by atoms with Crippen molar-refractivity contribution >= 4 is 33.4 Å². The fourth-order valence-electron chi connectivity index (χ4n) is 5.03. The van der Waals surface area contributed by atoms with Crippen molar-refractivity contribution in [2.45, 2.75) is 24.8 Å². The molecule has 3 N–H and O–H groups in total. The van der Waals surface area contributed by atoms with Gasteiger partial charge in [0.05, 0.1) is 5.41 Å². The summed E-state index contributed by atoms with van der Waals surface area (Å²) in [4.78, 5) is 26.7. The van der Waals surface area contributed by atoms with Gasteiger partial charge in [-0.2, -0.15) is 0 Å². The van der Waals surface area contributed by atoms with Crippen molar-refractivity contribution in [3.05, 3.63) is 132 Å². The van der Waals surface area contributed by atoms with Crippen molar-refractivity contribution in [2.75, 3.05) is 0 Å². The maximum Gasteiger partial charge on any atom is 0.240 e. The van der Waals surface area contributed by atoms with Crippen LogP contribution < -0.4 is 11.1 Å². The van der Waals surface area contributed by atoms with E-state index in [2.05, 4.69) is 35.6 Å². The molecule has 0 aliphatic carbocycles. The maximum atomic E-state index is 14.0. The van der Waals surface area contributed by atoms with Gasteiger partial charge in [0.25, 0.3) is 0 Å². The molecule has 0 aromatic heterocycles. The van der Waals surface area contributed by atoms with Crippen LogP contribution in [-0.2, 0) is 21.4 Å². The van der Waals surface area contributed by atoms with E-state index in [1.165, 1.54) is 0 Å². The molecule has 0 bridgehead atoms. The largest absolute Gasteiger partial charge is 0.368 e. The Morgan fingerprint density at radius 2 is 1.17 bits per heavy atom. The molecule has 1 atom stereocenters. The van der Waals surface area contributed by atoms with Gasteiger partial charge in [-0.1, -0.05) is 109 Å². The molecule has 0 spiro atoms. The summed E-state index contributed by atoms with van der Waals surface area (Å²) in [6, 6.07) is 36.7. The van der Waals surface area contributed by atoms with Crippen LogP contribution in [0.5, 0.6) is 0 Å². The molecule has 5 aromatic carbocycles. The standard InChI is InChI=1S/C32H28N2O2/c1-32(24-14-4-2-5-15-24,25-16-6-3-7-17-25)31(36)34-29(30(33)35)21-28-26-18-10-8-12-22(26)20-23-13-9-11-19-27(23)28/h2-20,29H,21H2,1H3,(H2,33,35)(H,34,36)/t29-/m1/s1. The molecule has 0 saturated heterocycles. The van der Waals surface area contributed by atoms with Gasteiger partial charge < -0.3 is 11.1 Å². The Hall–Kier alpha value is -4.44. The van der Waals surface area contributed by atoms with Gasteiger partial charge in [0.2, 0.25) is 11.8 Å². The van der Waals surface area contributed by atoms with Crippen molar-refractivity contribution in [1.29, 1.82) is 0 Å². The molecule has 178 valence electrons.